The summed E-state index contributed by atoms with van der Waals surface area (Å²) in [5.74, 6) is -1.74. The molecule has 2 aromatic carbocycles. The summed E-state index contributed by atoms with van der Waals surface area (Å²) in [6.07, 6.45) is 0.0889. The van der Waals surface area contributed by atoms with Gasteiger partial charge in [-0.2, -0.15) is 0 Å². The fraction of sp³-hybridized carbons (Fsp3) is 0.429. The van der Waals surface area contributed by atoms with Crippen LogP contribution in [0.25, 0.3) is 0 Å². The Balaban J connectivity index is -0.000000644. The van der Waals surface area contributed by atoms with Crippen LogP contribution in [0.5, 0.6) is 0 Å². The predicted octanol–water partition coefficient (Wildman–Crippen LogP) is 3.37. The highest BCUT2D eigenvalue weighted by Gasteiger charge is 2.21. The lowest BCUT2D eigenvalue weighted by Crippen LogP contribution is -2.46. The zero-order valence-electron chi connectivity index (χ0n) is 25.5. The number of rotatable bonds is 13. The van der Waals surface area contributed by atoms with Gasteiger partial charge in [-0.3, -0.25) is 0 Å². The van der Waals surface area contributed by atoms with Crippen LogP contribution in [0.4, 0.5) is 9.59 Å². The van der Waals surface area contributed by atoms with Gasteiger partial charge in [0.2, 0.25) is 9.23 Å². The molecule has 0 radical (unpaired) electrons. The van der Waals surface area contributed by atoms with Gasteiger partial charge in [-0.1, -0.05) is 74.5 Å². The molecule has 2 atom stereocenters. The van der Waals surface area contributed by atoms with Crippen LogP contribution < -0.4 is 22.1 Å². The van der Waals surface area contributed by atoms with Gasteiger partial charge in [0, 0.05) is 41.1 Å². The summed E-state index contributed by atoms with van der Waals surface area (Å²) in [6.45, 7) is 4.43. The van der Waals surface area contributed by atoms with Crippen molar-refractivity contribution in [2.24, 2.45) is 11.5 Å². The van der Waals surface area contributed by atoms with Crippen molar-refractivity contribution in [1.82, 2.24) is 10.6 Å². The fourth-order valence-corrected chi connectivity index (χ4v) is 2.55. The Hall–Kier alpha value is -3.18. The molecule has 0 saturated carbocycles. The highest BCUT2D eigenvalue weighted by molar-refractivity contribution is 8.26. The minimum Gasteiger partial charge on any atom is -0.480 e. The van der Waals surface area contributed by atoms with Gasteiger partial charge in [0.15, 0.2) is 0 Å². The van der Waals surface area contributed by atoms with E-state index < -0.39 is 45.4 Å². The second-order valence-corrected chi connectivity index (χ2v) is 10.9. The van der Waals surface area contributed by atoms with Crippen molar-refractivity contribution in [2.45, 2.75) is 52.0 Å². The second kappa shape index (κ2) is 31.8. The average Bonchev–Trinajstić information content (AvgIpc) is 3.04. The topological polar surface area (TPSA) is 230 Å². The van der Waals surface area contributed by atoms with Crippen LogP contribution in [0.15, 0.2) is 60.7 Å². The Morgan fingerprint density at radius 2 is 1.15 bits per heavy atom. The van der Waals surface area contributed by atoms with E-state index in [0.29, 0.717) is 19.6 Å². The van der Waals surface area contributed by atoms with Crippen molar-refractivity contribution in [3.8, 4) is 0 Å². The Bertz CT molecular complexity index is 1100. The van der Waals surface area contributed by atoms with Crippen molar-refractivity contribution in [3.05, 3.63) is 71.8 Å². The Morgan fingerprint density at radius 3 is 1.46 bits per heavy atom. The third kappa shape index (κ3) is 28.3. The van der Waals surface area contributed by atoms with Crippen LogP contribution >= 0.6 is 33.8 Å². The van der Waals surface area contributed by atoms with Crippen LogP contribution in [-0.4, -0.2) is 76.9 Å². The van der Waals surface area contributed by atoms with E-state index in [-0.39, 0.29) is 38.7 Å². The van der Waals surface area contributed by atoms with Crippen LogP contribution in [0, 0.1) is 0 Å². The first-order valence-corrected chi connectivity index (χ1v) is 16.3. The third-order valence-electron chi connectivity index (χ3n) is 4.74. The number of benzene rings is 2. The average molecular weight is 734 g/mol. The number of carbonyl (C=O) groups excluding carboxylic acids is 3. The van der Waals surface area contributed by atoms with Gasteiger partial charge in [-0.25, -0.2) is 23.4 Å². The number of nitrogens with one attached hydrogen (secondary N) is 2. The molecule has 0 heterocycles. The maximum atomic E-state index is 11.6. The molecule has 262 valence electrons. The molecule has 2 rings (SSSR count). The Labute approximate surface area is 286 Å². The largest absolute Gasteiger partial charge is 0.480 e. The number of carboxylic acids is 1. The van der Waals surface area contributed by atoms with E-state index in [9.17, 15) is 19.2 Å². The molecule has 0 bridgehead atoms. The highest BCUT2D eigenvalue weighted by Crippen LogP contribution is 2.02. The van der Waals surface area contributed by atoms with Gasteiger partial charge >= 0.3 is 24.1 Å². The second-order valence-electron chi connectivity index (χ2n) is 8.40. The van der Waals surface area contributed by atoms with Crippen molar-refractivity contribution < 1.29 is 47.8 Å². The third-order valence-corrected chi connectivity index (χ3v) is 4.74. The van der Waals surface area contributed by atoms with E-state index in [0.717, 1.165) is 17.5 Å². The number of amides is 2. The highest BCUT2D eigenvalue weighted by atomic mass is 36.0. The SMILES string of the molecule is CCCO.CCCOC(=O)[C@@H](CN)NC(=O)OCc1ccccc1.Cl.NC[C@@H](NC(=O)OCc1ccccc1)C(=O)O.O=S(Cl)Cl. The summed E-state index contributed by atoms with van der Waals surface area (Å²) >= 11 is 0. The zero-order chi connectivity index (χ0) is 34.5. The lowest BCUT2D eigenvalue weighted by atomic mass is 10.2. The van der Waals surface area contributed by atoms with E-state index in [1.165, 1.54) is 0 Å². The maximum absolute atomic E-state index is 11.6. The van der Waals surface area contributed by atoms with E-state index in [4.69, 9.17) is 40.1 Å². The quantitative estimate of drug-likeness (QED) is 0.0989. The Kier molecular flexibility index (Phi) is 32.6. The van der Waals surface area contributed by atoms with Gasteiger partial charge in [0.1, 0.15) is 25.3 Å². The number of aliphatic hydroxyl groups is 1. The van der Waals surface area contributed by atoms with E-state index in [2.05, 4.69) is 32.0 Å². The van der Waals surface area contributed by atoms with Gasteiger partial charge in [0.25, 0.3) is 0 Å². The Morgan fingerprint density at radius 1 is 0.783 bits per heavy atom. The molecule has 0 saturated heterocycles. The summed E-state index contributed by atoms with van der Waals surface area (Å²) in [5, 5.41) is 21.1. The molecule has 46 heavy (non-hydrogen) atoms. The van der Waals surface area contributed by atoms with Crippen LogP contribution in [0.2, 0.25) is 0 Å². The van der Waals surface area contributed by atoms with Crippen molar-refractivity contribution in [2.75, 3.05) is 26.3 Å². The first-order valence-electron chi connectivity index (χ1n) is 13.5. The molecule has 0 aliphatic heterocycles. The van der Waals surface area contributed by atoms with Crippen LogP contribution in [0.1, 0.15) is 37.8 Å². The summed E-state index contributed by atoms with van der Waals surface area (Å²) in [7, 11) is 7.36. The maximum Gasteiger partial charge on any atom is 0.408 e. The number of hydrogen-bond donors (Lipinski definition) is 6. The van der Waals surface area contributed by atoms with E-state index >= 15 is 0 Å². The molecule has 8 N–H and O–H groups in total. The van der Waals surface area contributed by atoms with Gasteiger partial charge in [-0.15, -0.1) is 12.4 Å². The summed E-state index contributed by atoms with van der Waals surface area (Å²) in [6, 6.07) is 16.3. The molecule has 18 heteroatoms. The number of hydrogen-bond acceptors (Lipinski definition) is 11. The predicted molar refractivity (Wildman–Crippen MR) is 179 cm³/mol. The number of halogens is 3. The number of nitrogens with two attached hydrogens (primary N) is 2. The normalized spacial score (nSPS) is 10.7. The molecular weight excluding hydrogens is 691 g/mol. The molecule has 0 aliphatic rings. The monoisotopic (exact) mass is 732 g/mol. The lowest BCUT2D eigenvalue weighted by Gasteiger charge is -2.15. The number of ether oxygens (including phenoxy) is 3. The van der Waals surface area contributed by atoms with E-state index in [1.54, 1.807) is 12.1 Å². The van der Waals surface area contributed by atoms with E-state index in [1.807, 2.05) is 62.4 Å². The molecule has 0 unspecified atom stereocenters. The molecule has 0 aliphatic carbocycles. The van der Waals surface area contributed by atoms with Crippen LogP contribution in [0.3, 0.4) is 0 Å². The molecular formula is C28H43Cl3N4O10S. The summed E-state index contributed by atoms with van der Waals surface area (Å²) in [4.78, 5) is 45.0. The number of aliphatic hydroxyl groups excluding tert-OH is 1. The smallest absolute Gasteiger partial charge is 0.408 e. The molecule has 2 amide bonds. The van der Waals surface area contributed by atoms with Gasteiger partial charge in [0.05, 0.1) is 6.61 Å². The summed E-state index contributed by atoms with van der Waals surface area (Å²) < 4.78 is 23.8. The fourth-order valence-electron chi connectivity index (χ4n) is 2.55. The van der Waals surface area contributed by atoms with Crippen molar-refractivity contribution >= 4 is 67.1 Å². The molecule has 0 spiro atoms. The zero-order valence-corrected chi connectivity index (χ0v) is 28.6. The summed E-state index contributed by atoms with van der Waals surface area (Å²) in [5.41, 5.74) is 12.3. The minimum absolute atomic E-state index is 0. The number of carbonyl (C=O) groups is 4. The van der Waals surface area contributed by atoms with Crippen LogP contribution in [-0.2, 0) is 46.2 Å². The first-order chi connectivity index (χ1) is 21.4. The molecule has 2 aromatic rings. The number of alkyl carbamates (subject to hydrolysis) is 2. The van der Waals surface area contributed by atoms with Gasteiger partial charge < -0.3 is 46.5 Å². The minimum atomic E-state index is -1.67. The lowest BCUT2D eigenvalue weighted by molar-refractivity contribution is -0.145. The molecule has 14 nitrogen and oxygen atoms in total. The standard InChI is InChI=1S/C14H20N2O4.C11H14N2O4.C3H8O.Cl2OS.ClH/c1-2-8-19-13(17)12(9-15)16-14(18)20-10-11-6-4-3-5-7-11;12-6-9(10(14)15)13-11(16)17-7-8-4-2-1-3-5-8;1-2-3-4;1-4(2)3;/h3-7,12H,2,8-10,15H2,1H3,(H,16,18);1-5,9H,6-7,12H2,(H,13,16)(H,14,15);4H,2-3H2,1H3;;1H/t12-;9-;;;/m11.../s1. The first kappa shape index (κ1) is 47.2. The molecule has 0 fully saturated rings. The van der Waals surface area contributed by atoms with Gasteiger partial charge in [-0.05, 0) is 24.0 Å². The number of carboxylic acid groups (broad SMARTS) is 1. The molecule has 0 aromatic heterocycles. The van der Waals surface area contributed by atoms with Crippen molar-refractivity contribution in [3.63, 3.8) is 0 Å². The van der Waals surface area contributed by atoms with Crippen molar-refractivity contribution in [1.29, 1.82) is 0 Å². The number of aliphatic carboxylic acids is 1. The number of esters is 1.